The second-order valence-electron chi connectivity index (χ2n) is 4.66. The topological polar surface area (TPSA) is 52.6 Å². The highest BCUT2D eigenvalue weighted by atomic mass is 32.1. The van der Waals surface area contributed by atoms with E-state index in [2.05, 4.69) is 18.3 Å². The van der Waals surface area contributed by atoms with Gasteiger partial charge in [-0.15, -0.1) is 11.3 Å². The second-order valence-corrected chi connectivity index (χ2v) is 5.64. The molecule has 18 heavy (non-hydrogen) atoms. The largest absolute Gasteiger partial charge is 0.393 e. The molecule has 2 N–H and O–H groups in total. The summed E-state index contributed by atoms with van der Waals surface area (Å²) in [6.45, 7) is 5.03. The molecular formula is C13H22N2O2S. The highest BCUT2D eigenvalue weighted by molar-refractivity contribution is 7.10. The van der Waals surface area contributed by atoms with Crippen LogP contribution in [0.15, 0.2) is 17.5 Å². The monoisotopic (exact) mass is 270 g/mol. The van der Waals surface area contributed by atoms with E-state index in [-0.39, 0.29) is 12.1 Å². The number of nitrogens with zero attached hydrogens (tertiary/aromatic N) is 1. The first-order valence-corrected chi connectivity index (χ1v) is 7.09. The molecule has 0 spiro atoms. The Kier molecular flexibility index (Phi) is 6.15. The Morgan fingerprint density at radius 1 is 1.56 bits per heavy atom. The molecule has 5 heteroatoms. The average Bonchev–Trinajstić information content (AvgIpc) is 2.86. The van der Waals surface area contributed by atoms with Gasteiger partial charge in [0.25, 0.3) is 0 Å². The van der Waals surface area contributed by atoms with Crippen LogP contribution in [0.3, 0.4) is 0 Å². The van der Waals surface area contributed by atoms with Crippen molar-refractivity contribution in [3.05, 3.63) is 22.4 Å². The number of aliphatic hydroxyl groups is 1. The first-order chi connectivity index (χ1) is 8.50. The first-order valence-electron chi connectivity index (χ1n) is 6.21. The third kappa shape index (κ3) is 5.06. The van der Waals surface area contributed by atoms with Crippen molar-refractivity contribution in [2.24, 2.45) is 0 Å². The number of amides is 2. The number of nitrogens with one attached hydrogen (secondary N) is 1. The van der Waals surface area contributed by atoms with Crippen molar-refractivity contribution in [2.45, 2.75) is 32.3 Å². The molecule has 4 nitrogen and oxygen atoms in total. The Hall–Kier alpha value is -1.07. The van der Waals surface area contributed by atoms with E-state index in [0.29, 0.717) is 25.4 Å². The fourth-order valence-electron chi connectivity index (χ4n) is 1.53. The first kappa shape index (κ1) is 15.0. The van der Waals surface area contributed by atoms with E-state index >= 15 is 0 Å². The van der Waals surface area contributed by atoms with Crippen molar-refractivity contribution in [3.8, 4) is 0 Å². The number of hydrogen-bond donors (Lipinski definition) is 2. The molecule has 0 aliphatic heterocycles. The second kappa shape index (κ2) is 7.38. The Labute approximate surface area is 113 Å². The van der Waals surface area contributed by atoms with Gasteiger partial charge in [0.15, 0.2) is 0 Å². The minimum atomic E-state index is -0.370. The summed E-state index contributed by atoms with van der Waals surface area (Å²) in [5.41, 5.74) is 0. The molecular weight excluding hydrogens is 248 g/mol. The number of carbonyl (C=O) groups excluding carboxylic acids is 1. The number of hydrogen-bond acceptors (Lipinski definition) is 3. The van der Waals surface area contributed by atoms with Crippen LogP contribution in [0.25, 0.3) is 0 Å². The average molecular weight is 270 g/mol. The van der Waals surface area contributed by atoms with Crippen molar-refractivity contribution in [1.82, 2.24) is 10.2 Å². The van der Waals surface area contributed by atoms with Gasteiger partial charge in [0.2, 0.25) is 0 Å². The van der Waals surface area contributed by atoms with E-state index in [1.54, 1.807) is 30.2 Å². The number of rotatable bonds is 6. The predicted molar refractivity (Wildman–Crippen MR) is 75.1 cm³/mol. The summed E-state index contributed by atoms with van der Waals surface area (Å²) in [5.74, 6) is 0.333. The van der Waals surface area contributed by atoms with Crippen LogP contribution in [0, 0.1) is 0 Å². The van der Waals surface area contributed by atoms with Gasteiger partial charge in [0, 0.05) is 30.9 Å². The molecule has 0 bridgehead atoms. The highest BCUT2D eigenvalue weighted by Crippen LogP contribution is 2.19. The van der Waals surface area contributed by atoms with Crippen molar-refractivity contribution in [1.29, 1.82) is 0 Å². The van der Waals surface area contributed by atoms with Crippen molar-refractivity contribution >= 4 is 17.4 Å². The van der Waals surface area contributed by atoms with Gasteiger partial charge in [0.05, 0.1) is 6.10 Å². The van der Waals surface area contributed by atoms with Crippen molar-refractivity contribution in [3.63, 3.8) is 0 Å². The predicted octanol–water partition coefficient (Wildman–Crippen LogP) is 2.26. The van der Waals surface area contributed by atoms with Gasteiger partial charge >= 0.3 is 6.03 Å². The lowest BCUT2D eigenvalue weighted by atomic mass is 10.1. The van der Waals surface area contributed by atoms with Crippen LogP contribution >= 0.6 is 11.3 Å². The van der Waals surface area contributed by atoms with E-state index < -0.39 is 0 Å². The fourth-order valence-corrected chi connectivity index (χ4v) is 2.32. The number of urea groups is 1. The molecule has 2 atom stereocenters. The summed E-state index contributed by atoms with van der Waals surface area (Å²) in [4.78, 5) is 14.7. The Bertz CT molecular complexity index is 352. The number of aliphatic hydroxyl groups excluding tert-OH is 1. The van der Waals surface area contributed by atoms with Gasteiger partial charge in [0.1, 0.15) is 0 Å². The van der Waals surface area contributed by atoms with Gasteiger partial charge in [-0.1, -0.05) is 13.0 Å². The van der Waals surface area contributed by atoms with Crippen LogP contribution in [-0.4, -0.2) is 42.3 Å². The summed E-state index contributed by atoms with van der Waals surface area (Å²) in [6, 6.07) is 4.02. The maximum absolute atomic E-state index is 11.8. The maximum atomic E-state index is 11.8. The molecule has 2 amide bonds. The molecule has 0 saturated carbocycles. The smallest absolute Gasteiger partial charge is 0.317 e. The van der Waals surface area contributed by atoms with Gasteiger partial charge in [-0.25, -0.2) is 4.79 Å². The molecule has 0 radical (unpaired) electrons. The highest BCUT2D eigenvalue weighted by Gasteiger charge is 2.12. The molecule has 1 aromatic rings. The minimum Gasteiger partial charge on any atom is -0.393 e. The Morgan fingerprint density at radius 2 is 2.28 bits per heavy atom. The summed E-state index contributed by atoms with van der Waals surface area (Å²) < 4.78 is 0. The van der Waals surface area contributed by atoms with E-state index in [1.807, 2.05) is 11.4 Å². The fraction of sp³-hybridized carbons (Fsp3) is 0.615. The van der Waals surface area contributed by atoms with Gasteiger partial charge < -0.3 is 15.3 Å². The Balaban J connectivity index is 2.28. The molecule has 1 rings (SSSR count). The molecule has 0 saturated heterocycles. The summed E-state index contributed by atoms with van der Waals surface area (Å²) in [7, 11) is 1.74. The number of thiophene rings is 1. The van der Waals surface area contributed by atoms with Crippen LogP contribution in [0.1, 0.15) is 31.1 Å². The Morgan fingerprint density at radius 3 is 2.83 bits per heavy atom. The molecule has 0 aromatic carbocycles. The van der Waals surface area contributed by atoms with E-state index in [4.69, 9.17) is 5.11 Å². The van der Waals surface area contributed by atoms with Gasteiger partial charge in [-0.3, -0.25) is 0 Å². The summed E-state index contributed by atoms with van der Waals surface area (Å²) in [6.07, 6.45) is 0.231. The minimum absolute atomic E-state index is 0.0842. The maximum Gasteiger partial charge on any atom is 0.317 e. The summed E-state index contributed by atoms with van der Waals surface area (Å²) >= 11 is 1.71. The van der Waals surface area contributed by atoms with Crippen molar-refractivity contribution in [2.75, 3.05) is 20.1 Å². The zero-order valence-electron chi connectivity index (χ0n) is 11.2. The third-order valence-corrected chi connectivity index (χ3v) is 3.92. The van der Waals surface area contributed by atoms with Gasteiger partial charge in [-0.2, -0.15) is 0 Å². The molecule has 0 fully saturated rings. The molecule has 2 unspecified atom stereocenters. The normalized spacial score (nSPS) is 14.0. The summed E-state index contributed by atoms with van der Waals surface area (Å²) in [5, 5.41) is 14.1. The lowest BCUT2D eigenvalue weighted by Gasteiger charge is -2.20. The SMILES string of the molecule is CC(O)CCN(C)C(=O)NCC(C)c1cccs1. The van der Waals surface area contributed by atoms with Crippen molar-refractivity contribution < 1.29 is 9.90 Å². The van der Waals surface area contributed by atoms with E-state index in [9.17, 15) is 4.79 Å². The molecule has 1 heterocycles. The quantitative estimate of drug-likeness (QED) is 0.833. The standard InChI is InChI=1S/C13H22N2O2S/c1-10(12-5-4-8-18-12)9-14-13(17)15(3)7-6-11(2)16/h4-5,8,10-11,16H,6-7,9H2,1-3H3,(H,14,17). The van der Waals surface area contributed by atoms with Crippen LogP contribution < -0.4 is 5.32 Å². The van der Waals surface area contributed by atoms with Crippen LogP contribution in [0.5, 0.6) is 0 Å². The zero-order chi connectivity index (χ0) is 13.5. The molecule has 0 aliphatic carbocycles. The third-order valence-electron chi connectivity index (χ3n) is 2.82. The lowest BCUT2D eigenvalue weighted by Crippen LogP contribution is -2.39. The lowest BCUT2D eigenvalue weighted by molar-refractivity contribution is 0.163. The van der Waals surface area contributed by atoms with Crippen LogP contribution in [0.4, 0.5) is 4.79 Å². The van der Waals surface area contributed by atoms with Gasteiger partial charge in [-0.05, 0) is 24.8 Å². The zero-order valence-corrected chi connectivity index (χ0v) is 12.0. The molecule has 102 valence electrons. The van der Waals surface area contributed by atoms with E-state index in [1.165, 1.54) is 4.88 Å². The molecule has 1 aromatic heterocycles. The van der Waals surface area contributed by atoms with Crippen LogP contribution in [-0.2, 0) is 0 Å². The molecule has 0 aliphatic rings. The van der Waals surface area contributed by atoms with E-state index in [0.717, 1.165) is 0 Å². The number of carbonyl (C=O) groups is 1. The van der Waals surface area contributed by atoms with Crippen LogP contribution in [0.2, 0.25) is 0 Å².